The summed E-state index contributed by atoms with van der Waals surface area (Å²) >= 11 is 0. The quantitative estimate of drug-likeness (QED) is 0.747. The molecule has 0 aromatic heterocycles. The van der Waals surface area contributed by atoms with Gasteiger partial charge in [-0.1, -0.05) is 12.1 Å². The number of hydrogen-bond acceptors (Lipinski definition) is 4. The van der Waals surface area contributed by atoms with Gasteiger partial charge in [0.15, 0.2) is 0 Å². The van der Waals surface area contributed by atoms with Crippen molar-refractivity contribution in [2.75, 3.05) is 31.6 Å². The van der Waals surface area contributed by atoms with Gasteiger partial charge in [0.05, 0.1) is 18.6 Å². The number of nitrogens with zero attached hydrogens (tertiary/aromatic N) is 1. The number of nitrogens with one attached hydrogen (secondary N) is 1. The van der Waals surface area contributed by atoms with E-state index in [1.807, 2.05) is 25.1 Å². The van der Waals surface area contributed by atoms with Crippen molar-refractivity contribution in [3.05, 3.63) is 59.2 Å². The SMILES string of the molecule is CCNC(=O)C(c1ccc(C(=O)O)cc1)c1cc(OC)ccc1N1CCCCC1. The first-order valence-electron chi connectivity index (χ1n) is 10.1. The van der Waals surface area contributed by atoms with E-state index in [9.17, 15) is 14.7 Å². The summed E-state index contributed by atoms with van der Waals surface area (Å²) in [5.74, 6) is -0.953. The van der Waals surface area contributed by atoms with E-state index < -0.39 is 11.9 Å². The third-order valence-corrected chi connectivity index (χ3v) is 5.35. The van der Waals surface area contributed by atoms with Crippen molar-refractivity contribution in [3.8, 4) is 5.75 Å². The fourth-order valence-electron chi connectivity index (χ4n) is 3.88. The first kappa shape index (κ1) is 20.7. The van der Waals surface area contributed by atoms with Crippen LogP contribution in [-0.2, 0) is 4.79 Å². The summed E-state index contributed by atoms with van der Waals surface area (Å²) in [7, 11) is 1.61. The predicted molar refractivity (Wildman–Crippen MR) is 113 cm³/mol. The molecule has 154 valence electrons. The molecule has 6 nitrogen and oxygen atoms in total. The molecule has 0 radical (unpaired) electrons. The lowest BCUT2D eigenvalue weighted by molar-refractivity contribution is -0.121. The van der Waals surface area contributed by atoms with Gasteiger partial charge in [0.2, 0.25) is 5.91 Å². The highest BCUT2D eigenvalue weighted by Gasteiger charge is 2.28. The van der Waals surface area contributed by atoms with Crippen LogP contribution in [-0.4, -0.2) is 43.7 Å². The number of aromatic carboxylic acids is 1. The fourth-order valence-corrected chi connectivity index (χ4v) is 3.88. The molecule has 1 saturated heterocycles. The summed E-state index contributed by atoms with van der Waals surface area (Å²) in [5, 5.41) is 12.1. The van der Waals surface area contributed by atoms with Crippen LogP contribution >= 0.6 is 0 Å². The molecule has 1 amide bonds. The molecule has 29 heavy (non-hydrogen) atoms. The average Bonchev–Trinajstić information content (AvgIpc) is 2.75. The van der Waals surface area contributed by atoms with E-state index in [4.69, 9.17) is 4.74 Å². The Kier molecular flexibility index (Phi) is 6.75. The Labute approximate surface area is 171 Å². The number of carboxylic acid groups (broad SMARTS) is 1. The van der Waals surface area contributed by atoms with E-state index in [1.165, 1.54) is 6.42 Å². The minimum Gasteiger partial charge on any atom is -0.497 e. The number of carboxylic acids is 1. The first-order valence-corrected chi connectivity index (χ1v) is 10.1. The fraction of sp³-hybridized carbons (Fsp3) is 0.391. The molecule has 1 fully saturated rings. The van der Waals surface area contributed by atoms with Crippen molar-refractivity contribution >= 4 is 17.6 Å². The van der Waals surface area contributed by atoms with Crippen LogP contribution in [0.15, 0.2) is 42.5 Å². The van der Waals surface area contributed by atoms with Gasteiger partial charge < -0.3 is 20.1 Å². The maximum absolute atomic E-state index is 13.1. The molecule has 1 aliphatic heterocycles. The lowest BCUT2D eigenvalue weighted by Gasteiger charge is -2.32. The number of carbonyl (C=O) groups excluding carboxylic acids is 1. The monoisotopic (exact) mass is 396 g/mol. The Morgan fingerprint density at radius 3 is 2.38 bits per heavy atom. The summed E-state index contributed by atoms with van der Waals surface area (Å²) in [6.45, 7) is 4.32. The lowest BCUT2D eigenvalue weighted by atomic mass is 9.87. The van der Waals surface area contributed by atoms with E-state index in [2.05, 4.69) is 10.2 Å². The van der Waals surface area contributed by atoms with Gasteiger partial charge in [-0.15, -0.1) is 0 Å². The number of anilines is 1. The van der Waals surface area contributed by atoms with Crippen LogP contribution < -0.4 is 15.0 Å². The number of rotatable bonds is 7. The van der Waals surface area contributed by atoms with Crippen molar-refractivity contribution < 1.29 is 19.4 Å². The zero-order valence-corrected chi connectivity index (χ0v) is 17.0. The van der Waals surface area contributed by atoms with E-state index in [0.717, 1.165) is 42.7 Å². The van der Waals surface area contributed by atoms with Crippen LogP contribution in [0.3, 0.4) is 0 Å². The minimum absolute atomic E-state index is 0.109. The number of hydrogen-bond donors (Lipinski definition) is 2. The highest BCUT2D eigenvalue weighted by molar-refractivity contribution is 5.91. The summed E-state index contributed by atoms with van der Waals surface area (Å²) in [5.41, 5.74) is 2.86. The maximum atomic E-state index is 13.1. The minimum atomic E-state index is -0.985. The predicted octanol–water partition coefficient (Wildman–Crippen LogP) is 3.65. The van der Waals surface area contributed by atoms with Crippen molar-refractivity contribution in [1.29, 1.82) is 0 Å². The normalized spacial score (nSPS) is 14.9. The van der Waals surface area contributed by atoms with Crippen LogP contribution in [0.1, 0.15) is 53.6 Å². The molecule has 6 heteroatoms. The second-order valence-corrected chi connectivity index (χ2v) is 7.23. The Bertz CT molecular complexity index is 858. The first-order chi connectivity index (χ1) is 14.0. The van der Waals surface area contributed by atoms with Crippen molar-refractivity contribution in [1.82, 2.24) is 5.32 Å². The van der Waals surface area contributed by atoms with Crippen LogP contribution in [0, 0.1) is 0 Å². The molecular formula is C23H28N2O4. The van der Waals surface area contributed by atoms with E-state index in [-0.39, 0.29) is 11.5 Å². The highest BCUT2D eigenvalue weighted by Crippen LogP contribution is 2.37. The van der Waals surface area contributed by atoms with Gasteiger partial charge in [0, 0.05) is 25.3 Å². The molecule has 1 heterocycles. The van der Waals surface area contributed by atoms with Crippen LogP contribution in [0.5, 0.6) is 5.75 Å². The maximum Gasteiger partial charge on any atom is 0.335 e. The van der Waals surface area contributed by atoms with Gasteiger partial charge in [0.25, 0.3) is 0 Å². The number of carbonyl (C=O) groups is 2. The molecule has 1 atom stereocenters. The zero-order valence-electron chi connectivity index (χ0n) is 17.0. The van der Waals surface area contributed by atoms with Gasteiger partial charge in [-0.25, -0.2) is 4.79 Å². The zero-order chi connectivity index (χ0) is 20.8. The standard InChI is InChI=1S/C23H28N2O4/c1-3-24-22(26)21(16-7-9-17(10-8-16)23(27)28)19-15-18(29-2)11-12-20(19)25-13-5-4-6-14-25/h7-12,15,21H,3-6,13-14H2,1-2H3,(H,24,26)(H,27,28). The number of piperidine rings is 1. The number of benzene rings is 2. The van der Waals surface area contributed by atoms with Gasteiger partial charge in [0.1, 0.15) is 5.75 Å². The van der Waals surface area contributed by atoms with Crippen LogP contribution in [0.25, 0.3) is 0 Å². The molecule has 2 aromatic carbocycles. The topological polar surface area (TPSA) is 78.9 Å². The Morgan fingerprint density at radius 2 is 1.79 bits per heavy atom. The lowest BCUT2D eigenvalue weighted by Crippen LogP contribution is -2.34. The number of ether oxygens (including phenoxy) is 1. The van der Waals surface area contributed by atoms with E-state index in [0.29, 0.717) is 12.3 Å². The van der Waals surface area contributed by atoms with Crippen LogP contribution in [0.4, 0.5) is 5.69 Å². The molecule has 2 aromatic rings. The van der Waals surface area contributed by atoms with Crippen molar-refractivity contribution in [2.24, 2.45) is 0 Å². The smallest absolute Gasteiger partial charge is 0.335 e. The average molecular weight is 396 g/mol. The van der Waals surface area contributed by atoms with E-state index in [1.54, 1.807) is 31.4 Å². The highest BCUT2D eigenvalue weighted by atomic mass is 16.5. The third kappa shape index (κ3) is 4.70. The Hall–Kier alpha value is -3.02. The molecule has 1 aliphatic rings. The summed E-state index contributed by atoms with van der Waals surface area (Å²) in [6, 6.07) is 12.4. The Balaban J connectivity index is 2.10. The summed E-state index contributed by atoms with van der Waals surface area (Å²) in [6.07, 6.45) is 3.48. The van der Waals surface area contributed by atoms with Crippen molar-refractivity contribution in [2.45, 2.75) is 32.1 Å². The van der Waals surface area contributed by atoms with Gasteiger partial charge in [-0.3, -0.25) is 4.79 Å². The summed E-state index contributed by atoms with van der Waals surface area (Å²) in [4.78, 5) is 26.7. The van der Waals surface area contributed by atoms with Gasteiger partial charge in [-0.2, -0.15) is 0 Å². The van der Waals surface area contributed by atoms with Gasteiger partial charge in [-0.05, 0) is 67.6 Å². The molecule has 2 N–H and O–H groups in total. The largest absolute Gasteiger partial charge is 0.497 e. The number of methoxy groups -OCH3 is 1. The molecule has 0 bridgehead atoms. The number of likely N-dealkylation sites (N-methyl/N-ethyl adjacent to an activating group) is 1. The molecular weight excluding hydrogens is 368 g/mol. The van der Waals surface area contributed by atoms with Crippen LogP contribution in [0.2, 0.25) is 0 Å². The van der Waals surface area contributed by atoms with Gasteiger partial charge >= 0.3 is 5.97 Å². The second kappa shape index (κ2) is 9.45. The Morgan fingerprint density at radius 1 is 1.10 bits per heavy atom. The number of amides is 1. The molecule has 1 unspecified atom stereocenters. The molecule has 3 rings (SSSR count). The molecule has 0 aliphatic carbocycles. The molecule has 0 saturated carbocycles. The van der Waals surface area contributed by atoms with E-state index >= 15 is 0 Å². The summed E-state index contributed by atoms with van der Waals surface area (Å²) < 4.78 is 5.45. The molecule has 0 spiro atoms. The third-order valence-electron chi connectivity index (χ3n) is 5.35. The van der Waals surface area contributed by atoms with Crippen molar-refractivity contribution in [3.63, 3.8) is 0 Å². The second-order valence-electron chi connectivity index (χ2n) is 7.23.